The first kappa shape index (κ1) is 14.5. The van der Waals surface area contributed by atoms with Gasteiger partial charge >= 0.3 is 0 Å². The van der Waals surface area contributed by atoms with Crippen molar-refractivity contribution in [2.24, 2.45) is 0 Å². The fraction of sp³-hybridized carbons (Fsp3) is 0.188. The molecule has 0 aliphatic rings. The van der Waals surface area contributed by atoms with Gasteiger partial charge in [-0.15, -0.1) is 0 Å². The van der Waals surface area contributed by atoms with E-state index < -0.39 is 0 Å². The maximum absolute atomic E-state index is 12.3. The number of carbonyl (C=O) groups excluding carboxylic acids is 1. The van der Waals surface area contributed by atoms with Crippen molar-refractivity contribution in [2.75, 3.05) is 7.05 Å². The Morgan fingerprint density at radius 1 is 1.24 bits per heavy atom. The van der Waals surface area contributed by atoms with Crippen LogP contribution in [0.5, 0.6) is 0 Å². The molecule has 21 heavy (non-hydrogen) atoms. The number of aryl methyl sites for hydroxylation is 1. The first-order valence-corrected chi connectivity index (χ1v) is 6.45. The quantitative estimate of drug-likeness (QED) is 0.932. The van der Waals surface area contributed by atoms with Crippen LogP contribution in [-0.4, -0.2) is 22.8 Å². The van der Waals surface area contributed by atoms with Crippen molar-refractivity contribution in [3.63, 3.8) is 0 Å². The topological polar surface area (TPSA) is 77.0 Å². The fourth-order valence-corrected chi connectivity index (χ4v) is 1.98. The van der Waals surface area contributed by atoms with Crippen molar-refractivity contribution in [1.82, 2.24) is 9.88 Å². The van der Waals surface area contributed by atoms with Crippen LogP contribution in [0, 0.1) is 18.3 Å². The lowest BCUT2D eigenvalue weighted by atomic mass is 10.1. The summed E-state index contributed by atoms with van der Waals surface area (Å²) in [4.78, 5) is 28.1. The van der Waals surface area contributed by atoms with Gasteiger partial charge in [-0.2, -0.15) is 5.26 Å². The Kier molecular flexibility index (Phi) is 4.19. The number of rotatable bonds is 3. The molecule has 0 aliphatic heterocycles. The van der Waals surface area contributed by atoms with Gasteiger partial charge in [-0.1, -0.05) is 12.1 Å². The molecule has 1 N–H and O–H groups in total. The second-order valence-corrected chi connectivity index (χ2v) is 4.85. The van der Waals surface area contributed by atoms with Gasteiger partial charge in [0.05, 0.1) is 11.6 Å². The van der Waals surface area contributed by atoms with Crippen LogP contribution in [0.1, 0.15) is 27.2 Å². The van der Waals surface area contributed by atoms with Crippen LogP contribution in [0.4, 0.5) is 0 Å². The second kappa shape index (κ2) is 6.06. The molecule has 0 atom stereocenters. The Hall–Kier alpha value is -2.87. The first-order chi connectivity index (χ1) is 10.0. The van der Waals surface area contributed by atoms with Gasteiger partial charge in [-0.3, -0.25) is 9.59 Å². The monoisotopic (exact) mass is 281 g/mol. The fourth-order valence-electron chi connectivity index (χ4n) is 1.98. The molecule has 2 rings (SSSR count). The molecule has 0 fully saturated rings. The zero-order valence-electron chi connectivity index (χ0n) is 11.9. The lowest BCUT2D eigenvalue weighted by Crippen LogP contribution is -2.31. The summed E-state index contributed by atoms with van der Waals surface area (Å²) >= 11 is 0. The summed E-state index contributed by atoms with van der Waals surface area (Å²) < 4.78 is 0. The number of aromatic amines is 1. The largest absolute Gasteiger partial charge is 0.337 e. The number of nitrogens with zero attached hydrogens (tertiary/aromatic N) is 2. The molecule has 1 amide bonds. The van der Waals surface area contributed by atoms with Gasteiger partial charge in [-0.05, 0) is 36.8 Å². The first-order valence-electron chi connectivity index (χ1n) is 6.45. The van der Waals surface area contributed by atoms with E-state index in [9.17, 15) is 9.59 Å². The van der Waals surface area contributed by atoms with E-state index in [-0.39, 0.29) is 17.0 Å². The standard InChI is InChI=1S/C16H15N3O2/c1-11-3-8-14(15(20)18-11)16(21)19(2)10-13-6-4-12(9-17)5-7-13/h3-8H,10H2,1-2H3,(H,18,20). The highest BCUT2D eigenvalue weighted by atomic mass is 16.2. The predicted molar refractivity (Wildman–Crippen MR) is 78.8 cm³/mol. The van der Waals surface area contributed by atoms with E-state index in [0.717, 1.165) is 5.56 Å². The van der Waals surface area contributed by atoms with Gasteiger partial charge in [0.15, 0.2) is 0 Å². The van der Waals surface area contributed by atoms with E-state index in [1.165, 1.54) is 11.0 Å². The maximum atomic E-state index is 12.3. The van der Waals surface area contributed by atoms with Gasteiger partial charge < -0.3 is 9.88 Å². The number of aromatic nitrogens is 1. The van der Waals surface area contributed by atoms with Gasteiger partial charge in [0.2, 0.25) is 0 Å². The SMILES string of the molecule is Cc1ccc(C(=O)N(C)Cc2ccc(C#N)cc2)c(=O)[nH]1. The van der Waals surface area contributed by atoms with Crippen LogP contribution in [0.15, 0.2) is 41.2 Å². The molecule has 5 nitrogen and oxygen atoms in total. The number of benzene rings is 1. The van der Waals surface area contributed by atoms with Crippen molar-refractivity contribution < 1.29 is 4.79 Å². The number of amides is 1. The summed E-state index contributed by atoms with van der Waals surface area (Å²) in [6.07, 6.45) is 0. The van der Waals surface area contributed by atoms with Crippen LogP contribution in [0.25, 0.3) is 0 Å². The normalized spacial score (nSPS) is 9.95. The Morgan fingerprint density at radius 3 is 2.48 bits per heavy atom. The molecule has 1 heterocycles. The number of nitrogens with one attached hydrogen (secondary N) is 1. The third kappa shape index (κ3) is 3.37. The highest BCUT2D eigenvalue weighted by Crippen LogP contribution is 2.08. The number of hydrogen-bond donors (Lipinski definition) is 1. The molecule has 1 aromatic carbocycles. The van der Waals surface area contributed by atoms with Crippen LogP contribution in [0.2, 0.25) is 0 Å². The minimum Gasteiger partial charge on any atom is -0.337 e. The molecule has 2 aromatic rings. The minimum atomic E-state index is -0.383. The molecule has 0 aliphatic carbocycles. The second-order valence-electron chi connectivity index (χ2n) is 4.85. The van der Waals surface area contributed by atoms with Gasteiger partial charge in [0, 0.05) is 19.3 Å². The number of carbonyl (C=O) groups is 1. The van der Waals surface area contributed by atoms with E-state index >= 15 is 0 Å². The van der Waals surface area contributed by atoms with E-state index in [0.29, 0.717) is 17.8 Å². The molecule has 1 aromatic heterocycles. The van der Waals surface area contributed by atoms with Crippen LogP contribution < -0.4 is 5.56 Å². The Labute approximate surface area is 122 Å². The molecule has 0 saturated heterocycles. The van der Waals surface area contributed by atoms with E-state index in [2.05, 4.69) is 4.98 Å². The molecular weight excluding hydrogens is 266 g/mol. The molecule has 0 unspecified atom stereocenters. The maximum Gasteiger partial charge on any atom is 0.260 e. The Bertz CT molecular complexity index is 754. The van der Waals surface area contributed by atoms with E-state index in [1.807, 2.05) is 6.07 Å². The predicted octanol–water partition coefficient (Wildman–Crippen LogP) is 1.83. The average molecular weight is 281 g/mol. The van der Waals surface area contributed by atoms with Crippen molar-refractivity contribution >= 4 is 5.91 Å². The van der Waals surface area contributed by atoms with Gasteiger partial charge in [0.1, 0.15) is 5.56 Å². The molecule has 0 saturated carbocycles. The van der Waals surface area contributed by atoms with Crippen LogP contribution in [-0.2, 0) is 6.54 Å². The molecule has 0 spiro atoms. The minimum absolute atomic E-state index is 0.122. The summed E-state index contributed by atoms with van der Waals surface area (Å²) in [5.74, 6) is -0.333. The van der Waals surface area contributed by atoms with Crippen molar-refractivity contribution in [3.8, 4) is 6.07 Å². The molecular formula is C16H15N3O2. The number of hydrogen-bond acceptors (Lipinski definition) is 3. The third-order valence-electron chi connectivity index (χ3n) is 3.14. The summed E-state index contributed by atoms with van der Waals surface area (Å²) in [7, 11) is 1.64. The average Bonchev–Trinajstić information content (AvgIpc) is 2.47. The van der Waals surface area contributed by atoms with Crippen LogP contribution in [0.3, 0.4) is 0 Å². The molecule has 0 bridgehead atoms. The summed E-state index contributed by atoms with van der Waals surface area (Å²) in [6, 6.07) is 12.3. The molecule has 106 valence electrons. The highest BCUT2D eigenvalue weighted by molar-refractivity contribution is 5.93. The van der Waals surface area contributed by atoms with Gasteiger partial charge in [-0.25, -0.2) is 0 Å². The van der Waals surface area contributed by atoms with Crippen LogP contribution >= 0.6 is 0 Å². The highest BCUT2D eigenvalue weighted by Gasteiger charge is 2.15. The summed E-state index contributed by atoms with van der Waals surface area (Å²) in [6.45, 7) is 2.13. The molecule has 0 radical (unpaired) electrons. The summed E-state index contributed by atoms with van der Waals surface area (Å²) in [5.41, 5.74) is 1.92. The number of nitriles is 1. The number of H-pyrrole nitrogens is 1. The van der Waals surface area contributed by atoms with Crippen molar-refractivity contribution in [1.29, 1.82) is 5.26 Å². The number of pyridine rings is 1. The van der Waals surface area contributed by atoms with Gasteiger partial charge in [0.25, 0.3) is 11.5 Å². The van der Waals surface area contributed by atoms with E-state index in [1.54, 1.807) is 44.3 Å². The van der Waals surface area contributed by atoms with Crippen molar-refractivity contribution in [2.45, 2.75) is 13.5 Å². The smallest absolute Gasteiger partial charge is 0.260 e. The third-order valence-corrected chi connectivity index (χ3v) is 3.14. The lowest BCUT2D eigenvalue weighted by molar-refractivity contribution is 0.0783. The van der Waals surface area contributed by atoms with Crippen molar-refractivity contribution in [3.05, 3.63) is 69.1 Å². The Balaban J connectivity index is 2.15. The summed E-state index contributed by atoms with van der Waals surface area (Å²) in [5, 5.41) is 8.75. The zero-order chi connectivity index (χ0) is 15.4. The lowest BCUT2D eigenvalue weighted by Gasteiger charge is -2.17. The molecule has 5 heteroatoms. The Morgan fingerprint density at radius 2 is 1.90 bits per heavy atom. The van der Waals surface area contributed by atoms with E-state index in [4.69, 9.17) is 5.26 Å². The zero-order valence-corrected chi connectivity index (χ0v) is 11.9.